The van der Waals surface area contributed by atoms with E-state index in [4.69, 9.17) is 12.2 Å². The van der Waals surface area contributed by atoms with Gasteiger partial charge in [0.25, 0.3) is 0 Å². The van der Waals surface area contributed by atoms with Crippen molar-refractivity contribution in [3.8, 4) is 0 Å². The maximum absolute atomic E-state index is 9.69. The molecule has 4 heteroatoms. The Morgan fingerprint density at radius 3 is 2.31 bits per heavy atom. The topological polar surface area (TPSA) is 44.3 Å². The Morgan fingerprint density at radius 1 is 0.938 bits per heavy atom. The molecule has 0 aliphatic heterocycles. The van der Waals surface area contributed by atoms with E-state index in [-0.39, 0.29) is 12.1 Å². The van der Waals surface area contributed by atoms with Gasteiger partial charge in [-0.05, 0) is 44.3 Å². The van der Waals surface area contributed by atoms with E-state index in [1.54, 1.807) is 0 Å². The zero-order chi connectivity index (χ0) is 11.4. The van der Waals surface area contributed by atoms with Crippen molar-refractivity contribution in [3.05, 3.63) is 0 Å². The third-order valence-corrected chi connectivity index (χ3v) is 3.97. The van der Waals surface area contributed by atoms with Gasteiger partial charge in [0.05, 0.1) is 12.1 Å². The van der Waals surface area contributed by atoms with E-state index < -0.39 is 0 Å². The molecule has 92 valence electrons. The van der Waals surface area contributed by atoms with Gasteiger partial charge in [0, 0.05) is 6.04 Å². The Kier molecular flexibility index (Phi) is 4.41. The van der Waals surface area contributed by atoms with Crippen molar-refractivity contribution in [3.63, 3.8) is 0 Å². The molecule has 2 unspecified atom stereocenters. The quantitative estimate of drug-likeness (QED) is 0.645. The summed E-state index contributed by atoms with van der Waals surface area (Å²) in [5.41, 5.74) is 0. The van der Waals surface area contributed by atoms with Crippen molar-refractivity contribution in [1.82, 2.24) is 10.6 Å². The summed E-state index contributed by atoms with van der Waals surface area (Å²) in [4.78, 5) is 0. The second-order valence-electron chi connectivity index (χ2n) is 5.06. The van der Waals surface area contributed by atoms with E-state index in [0.29, 0.717) is 6.04 Å². The van der Waals surface area contributed by atoms with Gasteiger partial charge in [0.1, 0.15) is 0 Å². The number of rotatable bonds is 2. The molecule has 2 saturated carbocycles. The van der Waals surface area contributed by atoms with Gasteiger partial charge in [-0.2, -0.15) is 0 Å². The number of hydrogen-bond donors (Lipinski definition) is 3. The summed E-state index contributed by atoms with van der Waals surface area (Å²) >= 11 is 5.29. The predicted octanol–water partition coefficient (Wildman–Crippen LogP) is 1.70. The molecule has 0 aromatic rings. The molecular weight excluding hydrogens is 220 g/mol. The second kappa shape index (κ2) is 5.82. The molecule has 0 bridgehead atoms. The van der Waals surface area contributed by atoms with E-state index in [9.17, 15) is 5.11 Å². The van der Waals surface area contributed by atoms with Crippen LogP contribution in [0.25, 0.3) is 0 Å². The number of thiocarbonyl (C=S) groups is 1. The van der Waals surface area contributed by atoms with Gasteiger partial charge in [-0.1, -0.05) is 19.3 Å². The van der Waals surface area contributed by atoms with Crippen molar-refractivity contribution in [2.75, 3.05) is 0 Å². The fraction of sp³-hybridized carbons (Fsp3) is 0.917. The first kappa shape index (κ1) is 12.1. The van der Waals surface area contributed by atoms with Crippen LogP contribution >= 0.6 is 12.2 Å². The zero-order valence-electron chi connectivity index (χ0n) is 9.74. The summed E-state index contributed by atoms with van der Waals surface area (Å²) in [5, 5.41) is 17.0. The fourth-order valence-corrected chi connectivity index (χ4v) is 3.07. The molecule has 3 nitrogen and oxygen atoms in total. The van der Waals surface area contributed by atoms with Crippen LogP contribution in [0.2, 0.25) is 0 Å². The van der Waals surface area contributed by atoms with E-state index >= 15 is 0 Å². The van der Waals surface area contributed by atoms with Crippen LogP contribution in [-0.2, 0) is 0 Å². The lowest BCUT2D eigenvalue weighted by Gasteiger charge is -2.26. The Hall–Kier alpha value is -0.350. The van der Waals surface area contributed by atoms with Crippen molar-refractivity contribution in [2.24, 2.45) is 0 Å². The van der Waals surface area contributed by atoms with E-state index in [2.05, 4.69) is 10.6 Å². The third kappa shape index (κ3) is 3.32. The van der Waals surface area contributed by atoms with Gasteiger partial charge < -0.3 is 15.7 Å². The summed E-state index contributed by atoms with van der Waals surface area (Å²) < 4.78 is 0. The lowest BCUT2D eigenvalue weighted by molar-refractivity contribution is 0.157. The smallest absolute Gasteiger partial charge is 0.166 e. The Bertz CT molecular complexity index is 241. The van der Waals surface area contributed by atoms with Crippen molar-refractivity contribution in [1.29, 1.82) is 0 Å². The molecule has 0 spiro atoms. The van der Waals surface area contributed by atoms with Crippen LogP contribution in [0, 0.1) is 0 Å². The zero-order valence-corrected chi connectivity index (χ0v) is 10.6. The normalized spacial score (nSPS) is 31.3. The molecule has 2 atom stereocenters. The highest BCUT2D eigenvalue weighted by atomic mass is 32.1. The summed E-state index contributed by atoms with van der Waals surface area (Å²) in [7, 11) is 0. The van der Waals surface area contributed by atoms with E-state index in [0.717, 1.165) is 24.4 Å². The van der Waals surface area contributed by atoms with Crippen LogP contribution in [0.5, 0.6) is 0 Å². The molecule has 0 saturated heterocycles. The summed E-state index contributed by atoms with van der Waals surface area (Å²) in [6.45, 7) is 0. The SMILES string of the molecule is OC1CCCC1NC(=S)NC1CCCCC1. The molecule has 2 aliphatic rings. The Balaban J connectivity index is 1.70. The predicted molar refractivity (Wildman–Crippen MR) is 69.4 cm³/mol. The number of aliphatic hydroxyl groups is 1. The van der Waals surface area contributed by atoms with Gasteiger partial charge >= 0.3 is 0 Å². The minimum atomic E-state index is -0.217. The molecule has 0 heterocycles. The van der Waals surface area contributed by atoms with Crippen molar-refractivity contribution >= 4 is 17.3 Å². The monoisotopic (exact) mass is 242 g/mol. The molecule has 0 amide bonds. The molecule has 0 aromatic carbocycles. The maximum atomic E-state index is 9.69. The molecule has 0 radical (unpaired) electrons. The molecule has 16 heavy (non-hydrogen) atoms. The average molecular weight is 242 g/mol. The second-order valence-corrected chi connectivity index (χ2v) is 5.47. The number of nitrogens with one attached hydrogen (secondary N) is 2. The lowest BCUT2D eigenvalue weighted by atomic mass is 9.96. The van der Waals surface area contributed by atoms with Crippen LogP contribution in [0.1, 0.15) is 51.4 Å². The Labute approximate surface area is 103 Å². The highest BCUT2D eigenvalue weighted by Crippen LogP contribution is 2.19. The largest absolute Gasteiger partial charge is 0.391 e. The molecule has 2 fully saturated rings. The Morgan fingerprint density at radius 2 is 1.69 bits per heavy atom. The first-order chi connectivity index (χ1) is 7.75. The van der Waals surface area contributed by atoms with Gasteiger partial charge in [0.15, 0.2) is 5.11 Å². The van der Waals surface area contributed by atoms with Gasteiger partial charge in [-0.15, -0.1) is 0 Å². The molecule has 0 aromatic heterocycles. The van der Waals surface area contributed by atoms with Gasteiger partial charge in [-0.25, -0.2) is 0 Å². The molecular formula is C12H22N2OS. The number of hydrogen-bond acceptors (Lipinski definition) is 2. The van der Waals surface area contributed by atoms with E-state index in [1.807, 2.05) is 0 Å². The first-order valence-corrected chi connectivity index (χ1v) is 6.91. The standard InChI is InChI=1S/C12H22N2OS/c15-11-8-4-7-10(11)14-12(16)13-9-5-2-1-3-6-9/h9-11,15H,1-8H2,(H2,13,14,16). The van der Waals surface area contributed by atoms with Crippen LogP contribution in [0.3, 0.4) is 0 Å². The van der Waals surface area contributed by atoms with Crippen molar-refractivity contribution < 1.29 is 5.11 Å². The number of aliphatic hydroxyl groups excluding tert-OH is 1. The lowest BCUT2D eigenvalue weighted by Crippen LogP contribution is -2.48. The summed E-state index contributed by atoms with van der Waals surface area (Å²) in [5.74, 6) is 0. The van der Waals surface area contributed by atoms with Gasteiger partial charge in [0.2, 0.25) is 0 Å². The molecule has 2 rings (SSSR count). The minimum Gasteiger partial charge on any atom is -0.391 e. The third-order valence-electron chi connectivity index (χ3n) is 3.74. The molecule has 2 aliphatic carbocycles. The summed E-state index contributed by atoms with van der Waals surface area (Å²) in [6, 6.07) is 0.718. The van der Waals surface area contributed by atoms with Crippen LogP contribution in [0.4, 0.5) is 0 Å². The van der Waals surface area contributed by atoms with Crippen molar-refractivity contribution in [2.45, 2.75) is 69.6 Å². The first-order valence-electron chi connectivity index (χ1n) is 6.51. The van der Waals surface area contributed by atoms with Gasteiger partial charge in [-0.3, -0.25) is 0 Å². The van der Waals surface area contributed by atoms with Crippen LogP contribution < -0.4 is 10.6 Å². The van der Waals surface area contributed by atoms with Crippen LogP contribution in [0.15, 0.2) is 0 Å². The van der Waals surface area contributed by atoms with E-state index in [1.165, 1.54) is 32.1 Å². The molecule has 3 N–H and O–H groups in total. The minimum absolute atomic E-state index is 0.170. The average Bonchev–Trinajstić information content (AvgIpc) is 2.66. The highest BCUT2D eigenvalue weighted by Gasteiger charge is 2.26. The fourth-order valence-electron chi connectivity index (χ4n) is 2.75. The highest BCUT2D eigenvalue weighted by molar-refractivity contribution is 7.80. The van der Waals surface area contributed by atoms with Crippen LogP contribution in [-0.4, -0.2) is 28.4 Å². The maximum Gasteiger partial charge on any atom is 0.166 e. The summed E-state index contributed by atoms with van der Waals surface area (Å²) in [6.07, 6.45) is 9.27.